The summed E-state index contributed by atoms with van der Waals surface area (Å²) >= 11 is 6.62. The van der Waals surface area contributed by atoms with Crippen molar-refractivity contribution in [2.75, 3.05) is 0 Å². The first-order valence-electron chi connectivity index (χ1n) is 8.30. The molecule has 0 bridgehead atoms. The van der Waals surface area contributed by atoms with Crippen LogP contribution >= 0.6 is 11.6 Å². The zero-order valence-electron chi connectivity index (χ0n) is 14.5. The Morgan fingerprint density at radius 2 is 1.85 bits per heavy atom. The van der Waals surface area contributed by atoms with Crippen LogP contribution < -0.4 is 5.14 Å². The van der Waals surface area contributed by atoms with Gasteiger partial charge in [0.25, 0.3) is 0 Å². The molecule has 0 fully saturated rings. The van der Waals surface area contributed by atoms with Gasteiger partial charge in [0.15, 0.2) is 0 Å². The molecule has 0 amide bonds. The van der Waals surface area contributed by atoms with Crippen molar-refractivity contribution in [3.8, 4) is 6.07 Å². The zero-order valence-corrected chi connectivity index (χ0v) is 16.0. The minimum Gasteiger partial charge on any atom is -0.264 e. The lowest BCUT2D eigenvalue weighted by Gasteiger charge is -2.36. The molecule has 1 unspecified atom stereocenters. The van der Waals surface area contributed by atoms with Crippen molar-refractivity contribution in [1.29, 1.82) is 5.26 Å². The summed E-state index contributed by atoms with van der Waals surface area (Å²) < 4.78 is 23.9. The number of sulfonamides is 1. The number of nitrogens with two attached hydrogens (primary N) is 1. The number of pyridine rings is 1. The highest BCUT2D eigenvalue weighted by atomic mass is 35.5. The fraction of sp³-hybridized carbons (Fsp3) is 0.200. The van der Waals surface area contributed by atoms with Crippen LogP contribution in [0.15, 0.2) is 70.9 Å². The van der Waals surface area contributed by atoms with Gasteiger partial charge in [-0.15, -0.1) is 0 Å². The molecule has 27 heavy (non-hydrogen) atoms. The molecule has 2 N–H and O–H groups in total. The Balaban J connectivity index is 2.02. The molecule has 1 heterocycles. The summed E-state index contributed by atoms with van der Waals surface area (Å²) in [6.07, 6.45) is 7.75. The van der Waals surface area contributed by atoms with Gasteiger partial charge in [-0.25, -0.2) is 13.6 Å². The number of hydrogen-bond acceptors (Lipinski definition) is 4. The molecule has 1 atom stereocenters. The van der Waals surface area contributed by atoms with E-state index in [9.17, 15) is 8.42 Å². The van der Waals surface area contributed by atoms with Crippen LogP contribution in [-0.4, -0.2) is 13.4 Å². The molecule has 0 radical (unpaired) electrons. The van der Waals surface area contributed by atoms with Gasteiger partial charge in [0.05, 0.1) is 16.5 Å². The third kappa shape index (κ3) is 4.45. The van der Waals surface area contributed by atoms with Crippen LogP contribution in [0.25, 0.3) is 0 Å². The maximum atomic E-state index is 12.0. The summed E-state index contributed by atoms with van der Waals surface area (Å²) in [5.41, 5.74) is 1.82. The number of hydrogen-bond donors (Lipinski definition) is 1. The lowest BCUT2D eigenvalue weighted by Crippen LogP contribution is -2.32. The normalized spacial score (nSPS) is 19.7. The number of allylic oxidation sites excluding steroid dienone is 4. The van der Waals surface area contributed by atoms with Crippen molar-refractivity contribution in [2.24, 2.45) is 10.6 Å². The summed E-state index contributed by atoms with van der Waals surface area (Å²) in [6, 6.07) is 13.1. The molecule has 138 valence electrons. The van der Waals surface area contributed by atoms with Crippen molar-refractivity contribution in [3.63, 3.8) is 0 Å². The molecular formula is C20H18ClN3O2S. The predicted molar refractivity (Wildman–Crippen MR) is 105 cm³/mol. The fourth-order valence-electron chi connectivity index (χ4n) is 3.35. The number of nitriles is 1. The topological polar surface area (TPSA) is 96.8 Å². The summed E-state index contributed by atoms with van der Waals surface area (Å²) in [7, 11) is -3.82. The molecule has 5 nitrogen and oxygen atoms in total. The van der Waals surface area contributed by atoms with Gasteiger partial charge in [-0.3, -0.25) is 4.98 Å². The largest absolute Gasteiger partial charge is 0.264 e. The van der Waals surface area contributed by atoms with Crippen LogP contribution in [0.3, 0.4) is 0 Å². The molecule has 7 heteroatoms. The van der Waals surface area contributed by atoms with E-state index in [0.717, 1.165) is 11.1 Å². The first kappa shape index (κ1) is 19.3. The molecule has 1 aromatic heterocycles. The fourth-order valence-corrected chi connectivity index (χ4v) is 4.35. The molecule has 1 aliphatic rings. The van der Waals surface area contributed by atoms with Crippen LogP contribution in [0.5, 0.6) is 0 Å². The zero-order chi connectivity index (χ0) is 19.5. The van der Waals surface area contributed by atoms with Crippen LogP contribution in [-0.2, 0) is 22.9 Å². The lowest BCUT2D eigenvalue weighted by molar-refractivity contribution is 0.362. The average molecular weight is 400 g/mol. The number of benzene rings is 1. The number of nitrogens with zero attached hydrogens (tertiary/aromatic N) is 2. The first-order chi connectivity index (χ1) is 12.8. The first-order valence-corrected chi connectivity index (χ1v) is 10.2. The van der Waals surface area contributed by atoms with Gasteiger partial charge in [0, 0.05) is 22.8 Å². The Morgan fingerprint density at radius 3 is 2.44 bits per heavy atom. The van der Waals surface area contributed by atoms with Gasteiger partial charge >= 0.3 is 0 Å². The van der Waals surface area contributed by atoms with Crippen molar-refractivity contribution in [2.45, 2.75) is 19.3 Å². The standard InChI is InChI=1S/C20H18ClN3O2S/c21-19-8-7-18(27(23,25)26)12-20(19,11-17-2-1-9-24-14-17)10-15-3-5-16(13-22)6-4-15/h1-9,14H,10-12H2,(H2,23,25,26). The third-order valence-electron chi connectivity index (χ3n) is 4.69. The summed E-state index contributed by atoms with van der Waals surface area (Å²) in [4.78, 5) is 4.30. The molecular weight excluding hydrogens is 382 g/mol. The van der Waals surface area contributed by atoms with Crippen LogP contribution in [0.2, 0.25) is 0 Å². The summed E-state index contributed by atoms with van der Waals surface area (Å²) in [6.45, 7) is 0. The minimum absolute atomic E-state index is 0.157. The van der Waals surface area contributed by atoms with Gasteiger partial charge in [-0.2, -0.15) is 5.26 Å². The molecule has 0 spiro atoms. The van der Waals surface area contributed by atoms with Crippen molar-refractivity contribution >= 4 is 21.6 Å². The number of halogens is 1. The van der Waals surface area contributed by atoms with Crippen molar-refractivity contribution in [3.05, 3.63) is 87.6 Å². The Morgan fingerprint density at radius 1 is 1.15 bits per heavy atom. The van der Waals surface area contributed by atoms with Crippen LogP contribution in [0.4, 0.5) is 0 Å². The van der Waals surface area contributed by atoms with E-state index in [1.165, 1.54) is 6.08 Å². The molecule has 0 saturated carbocycles. The second-order valence-corrected chi connectivity index (χ2v) is 8.69. The maximum absolute atomic E-state index is 12.0. The number of primary sulfonamides is 1. The highest BCUT2D eigenvalue weighted by Gasteiger charge is 2.39. The second kappa shape index (κ2) is 7.65. The van der Waals surface area contributed by atoms with E-state index in [-0.39, 0.29) is 11.3 Å². The molecule has 0 saturated heterocycles. The monoisotopic (exact) mass is 399 g/mol. The van der Waals surface area contributed by atoms with E-state index in [1.54, 1.807) is 30.6 Å². The Labute approximate surface area is 163 Å². The summed E-state index contributed by atoms with van der Waals surface area (Å²) in [5.74, 6) is 0. The Bertz CT molecular complexity index is 1040. The second-order valence-electron chi connectivity index (χ2n) is 6.67. The van der Waals surface area contributed by atoms with Crippen LogP contribution in [0, 0.1) is 16.7 Å². The van der Waals surface area contributed by atoms with Gasteiger partial charge in [-0.1, -0.05) is 29.8 Å². The SMILES string of the molecule is N#Cc1ccc(CC2(Cc3cccnc3)CC(S(N)(=O)=O)=CC=C2Cl)cc1. The van der Waals surface area contributed by atoms with E-state index in [0.29, 0.717) is 23.4 Å². The lowest BCUT2D eigenvalue weighted by atomic mass is 9.72. The number of aromatic nitrogens is 1. The van der Waals surface area contributed by atoms with E-state index in [4.69, 9.17) is 22.0 Å². The molecule has 1 aromatic carbocycles. The highest BCUT2D eigenvalue weighted by molar-refractivity contribution is 7.93. The smallest absolute Gasteiger partial charge is 0.234 e. The van der Waals surface area contributed by atoms with E-state index in [2.05, 4.69) is 11.1 Å². The quantitative estimate of drug-likeness (QED) is 0.832. The minimum atomic E-state index is -3.82. The van der Waals surface area contributed by atoms with Gasteiger partial charge in [0.1, 0.15) is 0 Å². The molecule has 3 rings (SSSR count). The van der Waals surface area contributed by atoms with Gasteiger partial charge in [0.2, 0.25) is 10.0 Å². The van der Waals surface area contributed by atoms with Crippen LogP contribution in [0.1, 0.15) is 23.1 Å². The van der Waals surface area contributed by atoms with E-state index in [1.807, 2.05) is 24.3 Å². The van der Waals surface area contributed by atoms with E-state index < -0.39 is 15.4 Å². The third-order valence-corrected chi connectivity index (χ3v) is 6.23. The molecule has 0 aliphatic heterocycles. The average Bonchev–Trinajstić information content (AvgIpc) is 2.64. The Hall–Kier alpha value is -2.46. The highest BCUT2D eigenvalue weighted by Crippen LogP contribution is 2.46. The number of rotatable bonds is 5. The van der Waals surface area contributed by atoms with E-state index >= 15 is 0 Å². The maximum Gasteiger partial charge on any atom is 0.234 e. The van der Waals surface area contributed by atoms with Crippen molar-refractivity contribution < 1.29 is 8.42 Å². The Kier molecular flexibility index (Phi) is 5.47. The molecule has 2 aromatic rings. The molecule has 1 aliphatic carbocycles. The van der Waals surface area contributed by atoms with Gasteiger partial charge in [-0.05, 0) is 60.7 Å². The van der Waals surface area contributed by atoms with Crippen molar-refractivity contribution in [1.82, 2.24) is 4.98 Å². The predicted octanol–water partition coefficient (Wildman–Crippen LogP) is 3.42. The summed E-state index contributed by atoms with van der Waals surface area (Å²) in [5, 5.41) is 14.9. The van der Waals surface area contributed by atoms with Gasteiger partial charge < -0.3 is 0 Å².